The summed E-state index contributed by atoms with van der Waals surface area (Å²) in [6.45, 7) is 3.44. The van der Waals surface area contributed by atoms with Crippen LogP contribution in [0, 0.1) is 0 Å². The molecule has 0 saturated heterocycles. The van der Waals surface area contributed by atoms with Gasteiger partial charge in [0.1, 0.15) is 5.60 Å². The van der Waals surface area contributed by atoms with E-state index >= 15 is 0 Å². The maximum atomic E-state index is 10.3. The molecule has 3 aromatic rings. The first-order valence-electron chi connectivity index (χ1n) is 6.40. The van der Waals surface area contributed by atoms with Crippen LogP contribution in [0.1, 0.15) is 19.5 Å². The molecule has 0 radical (unpaired) electrons. The van der Waals surface area contributed by atoms with Crippen LogP contribution < -0.4 is 0 Å². The van der Waals surface area contributed by atoms with Crippen LogP contribution in [0.3, 0.4) is 0 Å². The normalized spacial score (nSPS) is 12.0. The summed E-state index contributed by atoms with van der Waals surface area (Å²) < 4.78 is 2.14. The summed E-state index contributed by atoms with van der Waals surface area (Å²) in [5.74, 6) is 0. The van der Waals surface area contributed by atoms with Crippen molar-refractivity contribution in [3.8, 4) is 11.1 Å². The van der Waals surface area contributed by atoms with Crippen LogP contribution in [0.4, 0.5) is 0 Å². The first kappa shape index (κ1) is 14.5. The van der Waals surface area contributed by atoms with Crippen molar-refractivity contribution in [1.29, 1.82) is 0 Å². The second kappa shape index (κ2) is 5.09. The number of hydrogen-bond acceptors (Lipinski definition) is 3. The van der Waals surface area contributed by atoms with E-state index in [1.54, 1.807) is 18.4 Å². The molecular formula is C15H13BrClN3O. The number of rotatable bonds is 2. The first-order chi connectivity index (χ1) is 9.86. The Hall–Kier alpha value is -1.43. The van der Waals surface area contributed by atoms with Crippen LogP contribution >= 0.6 is 27.5 Å². The standard InChI is InChI=1S/C15H13BrClN3O/c1-15(2,21)12-8-7-11(9-3-5-10(17)6-4-9)13-18-14(16)19-20(12)13/h3-8,21H,1-2H3. The molecule has 6 heteroatoms. The van der Waals surface area contributed by atoms with Gasteiger partial charge in [-0.1, -0.05) is 23.7 Å². The van der Waals surface area contributed by atoms with Gasteiger partial charge < -0.3 is 5.11 Å². The Balaban J connectivity index is 2.29. The molecular weight excluding hydrogens is 354 g/mol. The van der Waals surface area contributed by atoms with Crippen LogP contribution in [0.2, 0.25) is 5.02 Å². The SMILES string of the molecule is CC(C)(O)c1ccc(-c2ccc(Cl)cc2)c2nc(Br)nn12. The van der Waals surface area contributed by atoms with Crippen molar-refractivity contribution in [2.75, 3.05) is 0 Å². The van der Waals surface area contributed by atoms with Gasteiger partial charge in [0.05, 0.1) is 5.69 Å². The minimum absolute atomic E-state index is 0.481. The van der Waals surface area contributed by atoms with Crippen molar-refractivity contribution < 1.29 is 5.11 Å². The highest BCUT2D eigenvalue weighted by Gasteiger charge is 2.22. The highest BCUT2D eigenvalue weighted by Crippen LogP contribution is 2.29. The number of benzene rings is 1. The van der Waals surface area contributed by atoms with Gasteiger partial charge in [0.25, 0.3) is 0 Å². The van der Waals surface area contributed by atoms with Crippen molar-refractivity contribution >= 4 is 33.2 Å². The summed E-state index contributed by atoms with van der Waals surface area (Å²) >= 11 is 9.23. The third-order valence-corrected chi connectivity index (χ3v) is 3.83. The third-order valence-electron chi connectivity index (χ3n) is 3.24. The maximum Gasteiger partial charge on any atom is 0.218 e. The molecule has 0 atom stereocenters. The number of fused-ring (bicyclic) bond motifs is 1. The molecule has 0 saturated carbocycles. The van der Waals surface area contributed by atoms with E-state index in [-0.39, 0.29) is 0 Å². The van der Waals surface area contributed by atoms with Crippen molar-refractivity contribution in [1.82, 2.24) is 14.6 Å². The summed E-state index contributed by atoms with van der Waals surface area (Å²) in [4.78, 5) is 4.41. The van der Waals surface area contributed by atoms with Gasteiger partial charge in [-0.15, -0.1) is 5.10 Å². The van der Waals surface area contributed by atoms with Gasteiger partial charge in [-0.3, -0.25) is 0 Å². The Labute approximate surface area is 135 Å². The Morgan fingerprint density at radius 1 is 1.14 bits per heavy atom. The van der Waals surface area contributed by atoms with Crippen LogP contribution in [-0.2, 0) is 5.60 Å². The average molecular weight is 367 g/mol. The second-order valence-corrected chi connectivity index (χ2v) is 6.46. The highest BCUT2D eigenvalue weighted by molar-refractivity contribution is 9.10. The molecule has 3 rings (SSSR count). The highest BCUT2D eigenvalue weighted by atomic mass is 79.9. The van der Waals surface area contributed by atoms with Gasteiger partial charge in [-0.2, -0.15) is 0 Å². The largest absolute Gasteiger partial charge is 0.384 e. The van der Waals surface area contributed by atoms with E-state index in [4.69, 9.17) is 11.6 Å². The van der Waals surface area contributed by atoms with Crippen LogP contribution in [0.25, 0.3) is 16.8 Å². The molecule has 2 heterocycles. The number of halogens is 2. The lowest BCUT2D eigenvalue weighted by Crippen LogP contribution is -2.20. The van der Waals surface area contributed by atoms with Gasteiger partial charge in [0, 0.05) is 10.6 Å². The summed E-state index contributed by atoms with van der Waals surface area (Å²) in [6.07, 6.45) is 0. The lowest BCUT2D eigenvalue weighted by Gasteiger charge is -2.19. The average Bonchev–Trinajstić information content (AvgIpc) is 2.78. The molecule has 21 heavy (non-hydrogen) atoms. The molecule has 0 aliphatic carbocycles. The predicted molar refractivity (Wildman–Crippen MR) is 86.4 cm³/mol. The Kier molecular flexibility index (Phi) is 3.51. The van der Waals surface area contributed by atoms with Crippen molar-refractivity contribution in [2.45, 2.75) is 19.4 Å². The van der Waals surface area contributed by atoms with E-state index in [1.165, 1.54) is 0 Å². The molecule has 1 aromatic carbocycles. The summed E-state index contributed by atoms with van der Waals surface area (Å²) in [7, 11) is 0. The van der Waals surface area contributed by atoms with E-state index < -0.39 is 5.60 Å². The maximum absolute atomic E-state index is 10.3. The fourth-order valence-electron chi connectivity index (χ4n) is 2.25. The molecule has 2 aromatic heterocycles. The number of aliphatic hydroxyl groups is 1. The quantitative estimate of drug-likeness (QED) is 0.744. The number of hydrogen-bond donors (Lipinski definition) is 1. The molecule has 0 spiro atoms. The zero-order valence-corrected chi connectivity index (χ0v) is 13.9. The Bertz CT molecular complexity index is 806. The lowest BCUT2D eigenvalue weighted by atomic mass is 10.0. The van der Waals surface area contributed by atoms with E-state index in [0.717, 1.165) is 11.1 Å². The summed E-state index contributed by atoms with van der Waals surface area (Å²) in [5, 5.41) is 15.3. The van der Waals surface area contributed by atoms with Crippen LogP contribution in [-0.4, -0.2) is 19.7 Å². The third kappa shape index (κ3) is 2.69. The zero-order valence-electron chi connectivity index (χ0n) is 11.5. The van der Waals surface area contributed by atoms with Crippen molar-refractivity contribution in [3.05, 3.63) is 51.8 Å². The van der Waals surface area contributed by atoms with Crippen LogP contribution in [0.5, 0.6) is 0 Å². The molecule has 0 bridgehead atoms. The monoisotopic (exact) mass is 365 g/mol. The molecule has 0 fully saturated rings. The minimum atomic E-state index is -1.01. The first-order valence-corrected chi connectivity index (χ1v) is 7.57. The summed E-state index contributed by atoms with van der Waals surface area (Å²) in [6, 6.07) is 11.3. The molecule has 108 valence electrons. The van der Waals surface area contributed by atoms with E-state index in [0.29, 0.717) is 21.1 Å². The van der Waals surface area contributed by atoms with E-state index in [9.17, 15) is 5.11 Å². The lowest BCUT2D eigenvalue weighted by molar-refractivity contribution is 0.0715. The van der Waals surface area contributed by atoms with Crippen molar-refractivity contribution in [2.24, 2.45) is 0 Å². The molecule has 1 N–H and O–H groups in total. The molecule has 0 aliphatic heterocycles. The smallest absolute Gasteiger partial charge is 0.218 e. The van der Waals surface area contributed by atoms with E-state index in [1.807, 2.05) is 36.4 Å². The number of pyridine rings is 1. The fourth-order valence-corrected chi connectivity index (χ4v) is 2.71. The van der Waals surface area contributed by atoms with Gasteiger partial charge in [-0.25, -0.2) is 9.50 Å². The molecule has 0 amide bonds. The second-order valence-electron chi connectivity index (χ2n) is 5.31. The Morgan fingerprint density at radius 3 is 2.43 bits per heavy atom. The fraction of sp³-hybridized carbons (Fsp3) is 0.200. The Morgan fingerprint density at radius 2 is 1.81 bits per heavy atom. The molecule has 4 nitrogen and oxygen atoms in total. The van der Waals surface area contributed by atoms with Gasteiger partial charge in [-0.05, 0) is 59.6 Å². The number of nitrogens with zero attached hydrogens (tertiary/aromatic N) is 3. The van der Waals surface area contributed by atoms with Crippen molar-refractivity contribution in [3.63, 3.8) is 0 Å². The van der Waals surface area contributed by atoms with Crippen LogP contribution in [0.15, 0.2) is 41.1 Å². The van der Waals surface area contributed by atoms with E-state index in [2.05, 4.69) is 26.0 Å². The van der Waals surface area contributed by atoms with Gasteiger partial charge in [0.15, 0.2) is 5.65 Å². The molecule has 0 aliphatic rings. The van der Waals surface area contributed by atoms with Gasteiger partial charge in [0.2, 0.25) is 4.73 Å². The topological polar surface area (TPSA) is 50.4 Å². The summed E-state index contributed by atoms with van der Waals surface area (Å²) in [5.41, 5.74) is 2.27. The molecule has 0 unspecified atom stereocenters. The number of aromatic nitrogens is 3. The zero-order chi connectivity index (χ0) is 15.2. The minimum Gasteiger partial charge on any atom is -0.384 e. The predicted octanol–water partition coefficient (Wildman–Crippen LogP) is 4.04. The van der Waals surface area contributed by atoms with Gasteiger partial charge >= 0.3 is 0 Å².